The highest BCUT2D eigenvalue weighted by atomic mass is 32.1. The van der Waals surface area contributed by atoms with E-state index in [1.165, 1.54) is 23.1 Å². The van der Waals surface area contributed by atoms with E-state index in [4.69, 9.17) is 10.5 Å². The van der Waals surface area contributed by atoms with Gasteiger partial charge in [-0.2, -0.15) is 5.10 Å². The fourth-order valence-corrected chi connectivity index (χ4v) is 4.76. The van der Waals surface area contributed by atoms with E-state index in [2.05, 4.69) is 5.10 Å². The number of anilines is 1. The average molecular weight is 542 g/mol. The molecule has 5 rings (SSSR count). The Morgan fingerprint density at radius 1 is 0.974 bits per heavy atom. The first-order chi connectivity index (χ1) is 18.8. The molecule has 0 aliphatic rings. The quantitative estimate of drug-likeness (QED) is 0.236. The van der Waals surface area contributed by atoms with Gasteiger partial charge in [0, 0.05) is 13.1 Å². The number of hydrogen-bond donors (Lipinski definition) is 1. The largest absolute Gasteiger partial charge is 0.453 e. The second-order valence-corrected chi connectivity index (χ2v) is 9.57. The minimum atomic E-state index is -0.864. The predicted octanol–water partition coefficient (Wildman–Crippen LogP) is 3.13. The van der Waals surface area contributed by atoms with Crippen LogP contribution >= 0.6 is 11.3 Å². The number of hydrogen-bond acceptors (Lipinski definition) is 8. The van der Waals surface area contributed by atoms with E-state index < -0.39 is 35.2 Å². The molecule has 0 amide bonds. The summed E-state index contributed by atoms with van der Waals surface area (Å²) in [6, 6.07) is 23.4. The summed E-state index contributed by atoms with van der Waals surface area (Å²) in [6.45, 7) is -0.697. The lowest BCUT2D eigenvalue weighted by atomic mass is 10.2. The number of carbonyl (C=O) groups is 2. The van der Waals surface area contributed by atoms with Gasteiger partial charge in [-0.15, -0.1) is 11.3 Å². The highest BCUT2D eigenvalue weighted by Gasteiger charge is 2.25. The molecule has 39 heavy (non-hydrogen) atoms. The van der Waals surface area contributed by atoms with Crippen molar-refractivity contribution in [3.05, 3.63) is 122 Å². The molecule has 2 N–H and O–H groups in total. The molecular formula is C28H23N5O5S. The number of nitrogens with zero attached hydrogens (tertiary/aromatic N) is 4. The Balaban J connectivity index is 1.43. The third-order valence-corrected chi connectivity index (χ3v) is 6.97. The molecule has 0 radical (unpaired) electrons. The van der Waals surface area contributed by atoms with Gasteiger partial charge in [0.2, 0.25) is 5.78 Å². The van der Waals surface area contributed by atoms with Gasteiger partial charge in [0.25, 0.3) is 5.56 Å². The molecular weight excluding hydrogens is 518 g/mol. The molecule has 0 fully saturated rings. The highest BCUT2D eigenvalue weighted by Crippen LogP contribution is 2.26. The first kappa shape index (κ1) is 25.6. The van der Waals surface area contributed by atoms with Gasteiger partial charge in [0.15, 0.2) is 12.3 Å². The second kappa shape index (κ2) is 10.8. The molecule has 0 saturated heterocycles. The minimum Gasteiger partial charge on any atom is -0.453 e. The Hall–Kier alpha value is -5.03. The summed E-state index contributed by atoms with van der Waals surface area (Å²) in [7, 11) is 1.26. The van der Waals surface area contributed by atoms with Crippen LogP contribution in [-0.2, 0) is 18.3 Å². The lowest BCUT2D eigenvalue weighted by Crippen LogP contribution is -2.43. The Bertz CT molecular complexity index is 1770. The molecule has 3 heterocycles. The molecule has 0 saturated carbocycles. The molecule has 0 atom stereocenters. The van der Waals surface area contributed by atoms with Crippen molar-refractivity contribution < 1.29 is 14.3 Å². The summed E-state index contributed by atoms with van der Waals surface area (Å²) in [5.74, 6) is -1.93. The number of aromatic nitrogens is 4. The van der Waals surface area contributed by atoms with Gasteiger partial charge >= 0.3 is 11.7 Å². The number of nitrogen functional groups attached to an aromatic ring is 1. The average Bonchev–Trinajstić information content (AvgIpc) is 3.65. The highest BCUT2D eigenvalue weighted by molar-refractivity contribution is 7.13. The molecule has 11 heteroatoms. The number of esters is 1. The molecule has 0 spiro atoms. The molecule has 10 nitrogen and oxygen atoms in total. The predicted molar refractivity (Wildman–Crippen MR) is 147 cm³/mol. The van der Waals surface area contributed by atoms with E-state index in [1.807, 2.05) is 41.8 Å². The maximum absolute atomic E-state index is 13.2. The van der Waals surface area contributed by atoms with Crippen LogP contribution in [0.5, 0.6) is 0 Å². The zero-order valence-electron chi connectivity index (χ0n) is 20.8. The van der Waals surface area contributed by atoms with Crippen LogP contribution in [0.3, 0.4) is 0 Å². The lowest BCUT2D eigenvalue weighted by Gasteiger charge is -2.15. The van der Waals surface area contributed by atoms with Gasteiger partial charge in [-0.25, -0.2) is 14.3 Å². The maximum Gasteiger partial charge on any atom is 0.357 e. The number of Topliss-reactive ketones (excluding diaryl/α,β-unsaturated/α-hetero) is 1. The molecule has 2 aromatic carbocycles. The second-order valence-electron chi connectivity index (χ2n) is 8.62. The summed E-state index contributed by atoms with van der Waals surface area (Å²) in [6.07, 6.45) is 0. The molecule has 3 aromatic heterocycles. The summed E-state index contributed by atoms with van der Waals surface area (Å²) in [5, 5.41) is 6.46. The van der Waals surface area contributed by atoms with Gasteiger partial charge in [-0.05, 0) is 29.1 Å². The van der Waals surface area contributed by atoms with Crippen LogP contribution in [0.15, 0.2) is 93.8 Å². The summed E-state index contributed by atoms with van der Waals surface area (Å²) < 4.78 is 8.73. The van der Waals surface area contributed by atoms with Crippen molar-refractivity contribution in [2.75, 3.05) is 12.3 Å². The van der Waals surface area contributed by atoms with Crippen molar-refractivity contribution in [2.45, 2.75) is 6.54 Å². The Morgan fingerprint density at radius 3 is 2.33 bits per heavy atom. The van der Waals surface area contributed by atoms with E-state index in [1.54, 1.807) is 42.5 Å². The van der Waals surface area contributed by atoms with Gasteiger partial charge in [-0.1, -0.05) is 54.6 Å². The first-order valence-corrected chi connectivity index (χ1v) is 12.8. The number of benzene rings is 2. The number of ketones is 1. The van der Waals surface area contributed by atoms with E-state index >= 15 is 0 Å². The third-order valence-electron chi connectivity index (χ3n) is 6.07. The van der Waals surface area contributed by atoms with E-state index in [9.17, 15) is 19.2 Å². The van der Waals surface area contributed by atoms with Crippen LogP contribution in [0.4, 0.5) is 5.82 Å². The van der Waals surface area contributed by atoms with E-state index in [-0.39, 0.29) is 18.1 Å². The maximum atomic E-state index is 13.2. The lowest BCUT2D eigenvalue weighted by molar-refractivity contribution is 0.0465. The summed E-state index contributed by atoms with van der Waals surface area (Å²) in [5.41, 5.74) is 6.26. The fourth-order valence-electron chi connectivity index (χ4n) is 4.08. The van der Waals surface area contributed by atoms with Crippen molar-refractivity contribution in [3.63, 3.8) is 0 Å². The van der Waals surface area contributed by atoms with Crippen LogP contribution in [0, 0.1) is 0 Å². The fraction of sp³-hybridized carbons (Fsp3) is 0.107. The van der Waals surface area contributed by atoms with Gasteiger partial charge in [0.1, 0.15) is 17.1 Å². The van der Waals surface area contributed by atoms with Crippen molar-refractivity contribution >= 4 is 28.9 Å². The van der Waals surface area contributed by atoms with Gasteiger partial charge in [-0.3, -0.25) is 18.7 Å². The Kier molecular flexibility index (Phi) is 7.06. The monoisotopic (exact) mass is 541 g/mol. The number of ether oxygens (including phenoxy) is 1. The minimum absolute atomic E-state index is 0.0570. The van der Waals surface area contributed by atoms with Crippen LogP contribution < -0.4 is 17.0 Å². The molecule has 196 valence electrons. The van der Waals surface area contributed by atoms with E-state index in [0.29, 0.717) is 11.4 Å². The molecule has 0 bridgehead atoms. The van der Waals surface area contributed by atoms with Crippen LogP contribution in [0.1, 0.15) is 26.4 Å². The van der Waals surface area contributed by atoms with Crippen molar-refractivity contribution in [3.8, 4) is 16.3 Å². The number of nitrogens with two attached hydrogens (primary N) is 1. The van der Waals surface area contributed by atoms with Crippen LogP contribution in [-0.4, -0.2) is 37.3 Å². The van der Waals surface area contributed by atoms with E-state index in [0.717, 1.165) is 19.6 Å². The number of rotatable bonds is 8. The smallest absolute Gasteiger partial charge is 0.357 e. The first-order valence-electron chi connectivity index (χ1n) is 11.9. The molecule has 0 unspecified atom stereocenters. The molecule has 0 aliphatic heterocycles. The van der Waals surface area contributed by atoms with Crippen LogP contribution in [0.2, 0.25) is 0 Å². The molecule has 0 aliphatic carbocycles. The zero-order valence-corrected chi connectivity index (χ0v) is 21.6. The van der Waals surface area contributed by atoms with Crippen molar-refractivity contribution in [1.82, 2.24) is 18.9 Å². The normalized spacial score (nSPS) is 10.9. The number of para-hydroxylation sites is 1. The van der Waals surface area contributed by atoms with Crippen LogP contribution in [0.25, 0.3) is 16.3 Å². The summed E-state index contributed by atoms with van der Waals surface area (Å²) >= 11 is 1.47. The standard InChI is InChI=1S/C28H23N5O5S/c1-31-26(35)24(25(29)32(28(31)37)16-18-9-4-2-5-10-18)22(34)17-38-27(36)21-15-20(23-13-8-14-39-23)30-33(21)19-11-6-3-7-12-19/h2-15H,16-17,29H2,1H3. The Morgan fingerprint density at radius 2 is 1.67 bits per heavy atom. The Labute approximate surface area is 226 Å². The van der Waals surface area contributed by atoms with Gasteiger partial charge in [0.05, 0.1) is 17.1 Å². The SMILES string of the molecule is Cn1c(=O)c(C(=O)COC(=O)c2cc(-c3cccs3)nn2-c2ccccc2)c(N)n(Cc2ccccc2)c1=O. The molecule has 5 aromatic rings. The topological polar surface area (TPSA) is 131 Å². The number of carbonyl (C=O) groups excluding carboxylic acids is 2. The zero-order chi connectivity index (χ0) is 27.5. The van der Waals surface area contributed by atoms with Gasteiger partial charge < -0.3 is 10.5 Å². The van der Waals surface area contributed by atoms with Crippen molar-refractivity contribution in [2.24, 2.45) is 7.05 Å². The van der Waals surface area contributed by atoms with Crippen molar-refractivity contribution in [1.29, 1.82) is 0 Å². The summed E-state index contributed by atoms with van der Waals surface area (Å²) in [4.78, 5) is 52.7. The third kappa shape index (κ3) is 5.07. The number of thiophene rings is 1.